The molecule has 0 aromatic heterocycles. The van der Waals surface area contributed by atoms with Crippen LogP contribution in [0.5, 0.6) is 0 Å². The molecule has 0 amide bonds. The van der Waals surface area contributed by atoms with Crippen molar-refractivity contribution in [2.75, 3.05) is 18.6 Å². The number of benzene rings is 1. The molecule has 0 heterocycles. The number of thioether (sulfide) groups is 1. The Morgan fingerprint density at radius 1 is 1.40 bits per heavy atom. The van der Waals surface area contributed by atoms with E-state index in [9.17, 15) is 9.18 Å². The summed E-state index contributed by atoms with van der Waals surface area (Å²) in [5.41, 5.74) is 0.769. The summed E-state index contributed by atoms with van der Waals surface area (Å²) < 4.78 is 17.5. The molecule has 2 nitrogen and oxygen atoms in total. The number of carbonyl (C=O) groups is 1. The predicted molar refractivity (Wildman–Crippen MR) is 59.4 cm³/mol. The van der Waals surface area contributed by atoms with Crippen LogP contribution in [0.25, 0.3) is 0 Å². The number of ether oxygens (including phenoxy) is 1. The molecule has 0 saturated carbocycles. The summed E-state index contributed by atoms with van der Waals surface area (Å²) in [5.74, 6) is 0.236. The second-order valence-corrected chi connectivity index (χ2v) is 4.00. The molecule has 0 radical (unpaired) electrons. The lowest BCUT2D eigenvalue weighted by atomic mass is 10.1. The molecule has 0 atom stereocenters. The maximum atomic E-state index is 12.6. The Bertz CT molecular complexity index is 311. The summed E-state index contributed by atoms with van der Waals surface area (Å²) >= 11 is 1.63. The van der Waals surface area contributed by atoms with Gasteiger partial charge in [-0.15, -0.1) is 0 Å². The van der Waals surface area contributed by atoms with E-state index < -0.39 is 0 Å². The van der Waals surface area contributed by atoms with Gasteiger partial charge < -0.3 is 4.74 Å². The van der Waals surface area contributed by atoms with E-state index in [0.717, 1.165) is 11.3 Å². The highest BCUT2D eigenvalue weighted by molar-refractivity contribution is 7.98. The third kappa shape index (κ3) is 4.83. The molecule has 82 valence electrons. The van der Waals surface area contributed by atoms with Crippen molar-refractivity contribution in [3.63, 3.8) is 0 Å². The lowest BCUT2D eigenvalue weighted by Crippen LogP contribution is -2.10. The van der Waals surface area contributed by atoms with Gasteiger partial charge >= 0.3 is 5.97 Å². The van der Waals surface area contributed by atoms with Crippen molar-refractivity contribution >= 4 is 17.7 Å². The first-order chi connectivity index (χ1) is 7.22. The lowest BCUT2D eigenvalue weighted by molar-refractivity contribution is -0.142. The second-order valence-electron chi connectivity index (χ2n) is 3.02. The van der Waals surface area contributed by atoms with E-state index in [2.05, 4.69) is 0 Å². The maximum Gasteiger partial charge on any atom is 0.310 e. The maximum absolute atomic E-state index is 12.6. The third-order valence-corrected chi connectivity index (χ3v) is 2.39. The van der Waals surface area contributed by atoms with Crippen LogP contribution in [0, 0.1) is 5.82 Å². The van der Waals surface area contributed by atoms with Gasteiger partial charge in [0, 0.05) is 5.75 Å². The monoisotopic (exact) mass is 228 g/mol. The Morgan fingerprint density at radius 2 is 2.07 bits per heavy atom. The topological polar surface area (TPSA) is 26.3 Å². The van der Waals surface area contributed by atoms with Crippen LogP contribution < -0.4 is 0 Å². The fraction of sp³-hybridized carbons (Fsp3) is 0.364. The van der Waals surface area contributed by atoms with Crippen LogP contribution in [-0.4, -0.2) is 24.6 Å². The van der Waals surface area contributed by atoms with Crippen molar-refractivity contribution in [3.05, 3.63) is 35.6 Å². The zero-order valence-electron chi connectivity index (χ0n) is 8.53. The van der Waals surface area contributed by atoms with Crippen molar-refractivity contribution in [1.82, 2.24) is 0 Å². The molecule has 0 spiro atoms. The SMILES string of the molecule is CSCCOC(=O)Cc1ccc(F)cc1. The van der Waals surface area contributed by atoms with E-state index in [1.54, 1.807) is 23.9 Å². The summed E-state index contributed by atoms with van der Waals surface area (Å²) in [6.45, 7) is 0.432. The van der Waals surface area contributed by atoms with Crippen LogP contribution in [0.1, 0.15) is 5.56 Å². The largest absolute Gasteiger partial charge is 0.465 e. The molecular weight excluding hydrogens is 215 g/mol. The zero-order valence-corrected chi connectivity index (χ0v) is 9.35. The summed E-state index contributed by atoms with van der Waals surface area (Å²) in [6.07, 6.45) is 2.16. The van der Waals surface area contributed by atoms with Crippen molar-refractivity contribution < 1.29 is 13.9 Å². The Kier molecular flexibility index (Phi) is 5.18. The van der Waals surface area contributed by atoms with Gasteiger partial charge in [-0.1, -0.05) is 12.1 Å². The zero-order chi connectivity index (χ0) is 11.1. The van der Waals surface area contributed by atoms with Crippen LogP contribution in [0.4, 0.5) is 4.39 Å². The van der Waals surface area contributed by atoms with Crippen molar-refractivity contribution in [1.29, 1.82) is 0 Å². The highest BCUT2D eigenvalue weighted by atomic mass is 32.2. The Morgan fingerprint density at radius 3 is 2.67 bits per heavy atom. The van der Waals surface area contributed by atoms with Gasteiger partial charge in [0.1, 0.15) is 12.4 Å². The second kappa shape index (κ2) is 6.45. The quantitative estimate of drug-likeness (QED) is 0.571. The van der Waals surface area contributed by atoms with Gasteiger partial charge in [0.15, 0.2) is 0 Å². The molecule has 1 rings (SSSR count). The first-order valence-electron chi connectivity index (χ1n) is 4.61. The molecule has 1 aromatic carbocycles. The molecule has 0 aliphatic carbocycles. The fourth-order valence-corrected chi connectivity index (χ4v) is 1.31. The van der Waals surface area contributed by atoms with Crippen LogP contribution in [0.3, 0.4) is 0 Å². The van der Waals surface area contributed by atoms with Gasteiger partial charge in [0.05, 0.1) is 6.42 Å². The van der Waals surface area contributed by atoms with Crippen LogP contribution >= 0.6 is 11.8 Å². The van der Waals surface area contributed by atoms with Crippen molar-refractivity contribution in [2.45, 2.75) is 6.42 Å². The molecule has 0 unspecified atom stereocenters. The summed E-state index contributed by atoms with van der Waals surface area (Å²) in [6, 6.07) is 5.85. The van der Waals surface area contributed by atoms with Gasteiger partial charge in [-0.2, -0.15) is 11.8 Å². The van der Waals surface area contributed by atoms with E-state index in [1.165, 1.54) is 12.1 Å². The van der Waals surface area contributed by atoms with E-state index in [4.69, 9.17) is 4.74 Å². The number of halogens is 1. The van der Waals surface area contributed by atoms with Gasteiger partial charge in [-0.3, -0.25) is 4.79 Å². The molecule has 0 bridgehead atoms. The average molecular weight is 228 g/mol. The van der Waals surface area contributed by atoms with Gasteiger partial charge in [0.2, 0.25) is 0 Å². The summed E-state index contributed by atoms with van der Waals surface area (Å²) in [5, 5.41) is 0. The van der Waals surface area contributed by atoms with Gasteiger partial charge in [-0.25, -0.2) is 4.39 Å². The van der Waals surface area contributed by atoms with Crippen LogP contribution in [0.15, 0.2) is 24.3 Å². The van der Waals surface area contributed by atoms with E-state index in [-0.39, 0.29) is 18.2 Å². The highest BCUT2D eigenvalue weighted by Crippen LogP contribution is 2.04. The molecular formula is C11H13FO2S. The van der Waals surface area contributed by atoms with E-state index >= 15 is 0 Å². The first-order valence-corrected chi connectivity index (χ1v) is 6.01. The number of esters is 1. The number of hydrogen-bond acceptors (Lipinski definition) is 3. The Hall–Kier alpha value is -1.03. The summed E-state index contributed by atoms with van der Waals surface area (Å²) in [7, 11) is 0. The minimum atomic E-state index is -0.297. The lowest BCUT2D eigenvalue weighted by Gasteiger charge is -2.03. The predicted octanol–water partition coefficient (Wildman–Crippen LogP) is 2.27. The first kappa shape index (κ1) is 12.0. The highest BCUT2D eigenvalue weighted by Gasteiger charge is 2.04. The van der Waals surface area contributed by atoms with Crippen LogP contribution in [-0.2, 0) is 16.0 Å². The normalized spacial score (nSPS) is 10.0. The summed E-state index contributed by atoms with van der Waals surface area (Å²) in [4.78, 5) is 11.2. The number of rotatable bonds is 5. The average Bonchev–Trinajstić information content (AvgIpc) is 2.22. The molecule has 4 heteroatoms. The Balaban J connectivity index is 2.34. The van der Waals surface area contributed by atoms with Gasteiger partial charge in [-0.05, 0) is 24.0 Å². The third-order valence-electron chi connectivity index (χ3n) is 1.81. The van der Waals surface area contributed by atoms with Gasteiger partial charge in [0.25, 0.3) is 0 Å². The molecule has 0 fully saturated rings. The Labute approximate surface area is 92.8 Å². The molecule has 1 aromatic rings. The molecule has 0 saturated heterocycles. The molecule has 15 heavy (non-hydrogen) atoms. The van der Waals surface area contributed by atoms with E-state index in [1.807, 2.05) is 6.26 Å². The van der Waals surface area contributed by atoms with E-state index in [0.29, 0.717) is 6.61 Å². The molecule has 0 aliphatic rings. The molecule has 0 aliphatic heterocycles. The smallest absolute Gasteiger partial charge is 0.310 e. The van der Waals surface area contributed by atoms with Crippen LogP contribution in [0.2, 0.25) is 0 Å². The minimum Gasteiger partial charge on any atom is -0.465 e. The standard InChI is InChI=1S/C11H13FO2S/c1-15-7-6-14-11(13)8-9-2-4-10(12)5-3-9/h2-5H,6-8H2,1H3. The van der Waals surface area contributed by atoms with Crippen molar-refractivity contribution in [2.24, 2.45) is 0 Å². The minimum absolute atomic E-state index is 0.203. The fourth-order valence-electron chi connectivity index (χ4n) is 1.06. The number of hydrogen-bond donors (Lipinski definition) is 0. The molecule has 0 N–H and O–H groups in total. The number of carbonyl (C=O) groups excluding carboxylic acids is 1. The van der Waals surface area contributed by atoms with Crippen molar-refractivity contribution in [3.8, 4) is 0 Å².